The van der Waals surface area contributed by atoms with Crippen LogP contribution in [0.4, 0.5) is 17.1 Å². The van der Waals surface area contributed by atoms with Crippen molar-refractivity contribution in [3.63, 3.8) is 0 Å². The third kappa shape index (κ3) is 2.76. The largest absolute Gasteiger partial charge is 0.397 e. The molecule has 0 heterocycles. The van der Waals surface area contributed by atoms with E-state index in [1.54, 1.807) is 24.3 Å². The van der Waals surface area contributed by atoms with Crippen LogP contribution in [0.3, 0.4) is 0 Å². The lowest BCUT2D eigenvalue weighted by molar-refractivity contribution is 1.47. The fraction of sp³-hybridized carbons (Fsp3) is 0. The van der Waals surface area contributed by atoms with E-state index in [0.29, 0.717) is 22.0 Å². The molecule has 0 aliphatic carbocycles. The van der Waals surface area contributed by atoms with Gasteiger partial charge in [-0.25, -0.2) is 0 Å². The minimum Gasteiger partial charge on any atom is -0.397 e. The van der Waals surface area contributed by atoms with Gasteiger partial charge in [0.25, 0.3) is 0 Å². The van der Waals surface area contributed by atoms with Gasteiger partial charge in [0.05, 0.1) is 33.7 Å². The van der Waals surface area contributed by atoms with Gasteiger partial charge < -0.3 is 11.1 Å². The summed E-state index contributed by atoms with van der Waals surface area (Å²) in [6, 6.07) is 12.6. The molecule has 0 unspecified atom stereocenters. The lowest BCUT2D eigenvalue weighted by atomic mass is 10.2. The van der Waals surface area contributed by atoms with E-state index < -0.39 is 0 Å². The van der Waals surface area contributed by atoms with Crippen molar-refractivity contribution in [2.24, 2.45) is 0 Å². The van der Waals surface area contributed by atoms with Crippen molar-refractivity contribution in [1.29, 1.82) is 5.26 Å². The second kappa shape index (κ2) is 5.30. The fourth-order valence-electron chi connectivity index (χ4n) is 1.47. The quantitative estimate of drug-likeness (QED) is 0.810. The lowest BCUT2D eigenvalue weighted by Gasteiger charge is -2.11. The van der Waals surface area contributed by atoms with Gasteiger partial charge in [-0.2, -0.15) is 5.26 Å². The average Bonchev–Trinajstić information content (AvgIpc) is 2.35. The first kappa shape index (κ1) is 12.7. The maximum Gasteiger partial charge on any atom is 0.0992 e. The van der Waals surface area contributed by atoms with Crippen LogP contribution in [-0.4, -0.2) is 0 Å². The molecule has 3 N–H and O–H groups in total. The summed E-state index contributed by atoms with van der Waals surface area (Å²) in [7, 11) is 0. The van der Waals surface area contributed by atoms with Gasteiger partial charge in [-0.05, 0) is 36.4 Å². The van der Waals surface area contributed by atoms with Crippen LogP contribution in [0.5, 0.6) is 0 Å². The van der Waals surface area contributed by atoms with Crippen LogP contribution >= 0.6 is 27.5 Å². The van der Waals surface area contributed by atoms with Crippen molar-refractivity contribution < 1.29 is 0 Å². The number of nitrogens with two attached hydrogens (primary N) is 1. The number of hydrogen-bond donors (Lipinski definition) is 2. The van der Waals surface area contributed by atoms with Crippen molar-refractivity contribution in [3.05, 3.63) is 51.5 Å². The van der Waals surface area contributed by atoms with Crippen molar-refractivity contribution in [2.45, 2.75) is 0 Å². The van der Waals surface area contributed by atoms with Gasteiger partial charge in [0, 0.05) is 4.47 Å². The molecule has 2 rings (SSSR count). The van der Waals surface area contributed by atoms with E-state index in [1.807, 2.05) is 12.1 Å². The third-order valence-corrected chi connectivity index (χ3v) is 3.19. The SMILES string of the molecule is N#Cc1ccc(N)c(Nc2ccc(Br)cc2Cl)c1. The monoisotopic (exact) mass is 321 g/mol. The number of nitrogen functional groups attached to an aromatic ring is 1. The average molecular weight is 323 g/mol. The van der Waals surface area contributed by atoms with Crippen LogP contribution in [0.2, 0.25) is 5.02 Å². The molecule has 0 amide bonds. The lowest BCUT2D eigenvalue weighted by Crippen LogP contribution is -1.97. The minimum atomic E-state index is 0.542. The zero-order valence-electron chi connectivity index (χ0n) is 9.24. The normalized spacial score (nSPS) is 9.83. The molecule has 0 aliphatic heterocycles. The van der Waals surface area contributed by atoms with Gasteiger partial charge in [-0.1, -0.05) is 27.5 Å². The van der Waals surface area contributed by atoms with Crippen LogP contribution in [0.1, 0.15) is 5.56 Å². The van der Waals surface area contributed by atoms with Gasteiger partial charge in [-0.15, -0.1) is 0 Å². The molecule has 3 nitrogen and oxygen atoms in total. The van der Waals surface area contributed by atoms with E-state index in [9.17, 15) is 0 Å². The van der Waals surface area contributed by atoms with Crippen LogP contribution in [-0.2, 0) is 0 Å². The van der Waals surface area contributed by atoms with Gasteiger partial charge in [-0.3, -0.25) is 0 Å². The number of nitrogens with one attached hydrogen (secondary N) is 1. The van der Waals surface area contributed by atoms with E-state index >= 15 is 0 Å². The van der Waals surface area contributed by atoms with E-state index in [-0.39, 0.29) is 0 Å². The van der Waals surface area contributed by atoms with Gasteiger partial charge in [0.1, 0.15) is 0 Å². The Labute approximate surface area is 118 Å². The van der Waals surface area contributed by atoms with E-state index in [4.69, 9.17) is 22.6 Å². The first-order valence-corrected chi connectivity index (χ1v) is 6.29. The summed E-state index contributed by atoms with van der Waals surface area (Å²) in [4.78, 5) is 0. The van der Waals surface area contributed by atoms with E-state index in [2.05, 4.69) is 27.3 Å². The third-order valence-electron chi connectivity index (χ3n) is 2.38. The fourth-order valence-corrected chi connectivity index (χ4v) is 2.19. The number of hydrogen-bond acceptors (Lipinski definition) is 3. The highest BCUT2D eigenvalue weighted by Crippen LogP contribution is 2.30. The van der Waals surface area contributed by atoms with Crippen LogP contribution in [0.15, 0.2) is 40.9 Å². The topological polar surface area (TPSA) is 61.8 Å². The minimum absolute atomic E-state index is 0.542. The second-order valence-corrected chi connectivity index (χ2v) is 4.99. The summed E-state index contributed by atoms with van der Waals surface area (Å²) < 4.78 is 0.900. The van der Waals surface area contributed by atoms with Crippen molar-refractivity contribution in [2.75, 3.05) is 11.1 Å². The Kier molecular flexibility index (Phi) is 3.75. The summed E-state index contributed by atoms with van der Waals surface area (Å²) >= 11 is 9.45. The number of nitriles is 1. The molecule has 5 heteroatoms. The van der Waals surface area contributed by atoms with E-state index in [1.165, 1.54) is 0 Å². The van der Waals surface area contributed by atoms with Crippen molar-refractivity contribution in [3.8, 4) is 6.07 Å². The molecule has 0 spiro atoms. The Morgan fingerprint density at radius 2 is 1.94 bits per heavy atom. The Morgan fingerprint density at radius 1 is 1.17 bits per heavy atom. The molecule has 0 saturated carbocycles. The molecule has 2 aromatic carbocycles. The smallest absolute Gasteiger partial charge is 0.0992 e. The van der Waals surface area contributed by atoms with Crippen molar-refractivity contribution in [1.82, 2.24) is 0 Å². The Balaban J connectivity index is 2.37. The van der Waals surface area contributed by atoms with Crippen LogP contribution in [0.25, 0.3) is 0 Å². The predicted molar refractivity (Wildman–Crippen MR) is 78.0 cm³/mol. The molecule has 90 valence electrons. The molecule has 0 bridgehead atoms. The first-order chi connectivity index (χ1) is 8.60. The summed E-state index contributed by atoms with van der Waals surface area (Å²) in [5, 5.41) is 12.5. The Hall–Kier alpha value is -1.70. The number of anilines is 3. The van der Waals surface area contributed by atoms with Crippen LogP contribution in [0, 0.1) is 11.3 Å². The Morgan fingerprint density at radius 3 is 2.61 bits per heavy atom. The summed E-state index contributed by atoms with van der Waals surface area (Å²) in [5.74, 6) is 0. The van der Waals surface area contributed by atoms with Gasteiger partial charge in [0.2, 0.25) is 0 Å². The molecule has 0 atom stereocenters. The maximum absolute atomic E-state index is 8.86. The molecular formula is C13H9BrClN3. The molecule has 0 fully saturated rings. The molecule has 0 radical (unpaired) electrons. The highest BCUT2D eigenvalue weighted by atomic mass is 79.9. The zero-order valence-corrected chi connectivity index (χ0v) is 11.6. The van der Waals surface area contributed by atoms with Crippen molar-refractivity contribution >= 4 is 44.6 Å². The first-order valence-electron chi connectivity index (χ1n) is 5.12. The summed E-state index contributed by atoms with van der Waals surface area (Å²) in [6.45, 7) is 0. The molecule has 2 aromatic rings. The molecule has 18 heavy (non-hydrogen) atoms. The number of halogens is 2. The standard InChI is InChI=1S/C13H9BrClN3/c14-9-2-4-12(10(15)6-9)18-13-5-8(7-16)1-3-11(13)17/h1-6,18H,17H2. The Bertz CT molecular complexity index is 635. The number of rotatable bonds is 2. The molecular weight excluding hydrogens is 314 g/mol. The summed E-state index contributed by atoms with van der Waals surface area (Å²) in [5.41, 5.74) is 8.35. The van der Waals surface area contributed by atoms with E-state index in [0.717, 1.165) is 10.2 Å². The number of nitrogens with zero attached hydrogens (tertiary/aromatic N) is 1. The molecule has 0 aromatic heterocycles. The molecule has 0 saturated heterocycles. The van der Waals surface area contributed by atoms with Gasteiger partial charge in [0.15, 0.2) is 0 Å². The highest BCUT2D eigenvalue weighted by molar-refractivity contribution is 9.10. The predicted octanol–water partition coefficient (Wildman–Crippen LogP) is 4.30. The second-order valence-electron chi connectivity index (χ2n) is 3.66. The molecule has 0 aliphatic rings. The summed E-state index contributed by atoms with van der Waals surface area (Å²) in [6.07, 6.45) is 0. The van der Waals surface area contributed by atoms with Gasteiger partial charge >= 0.3 is 0 Å². The maximum atomic E-state index is 8.86. The highest BCUT2D eigenvalue weighted by Gasteiger charge is 2.05. The zero-order chi connectivity index (χ0) is 13.1. The number of benzene rings is 2. The van der Waals surface area contributed by atoms with Crippen LogP contribution < -0.4 is 11.1 Å².